The van der Waals surface area contributed by atoms with E-state index in [4.69, 9.17) is 0 Å². The van der Waals surface area contributed by atoms with Crippen molar-refractivity contribution in [2.24, 2.45) is 0 Å². The highest BCUT2D eigenvalue weighted by Gasteiger charge is 2.15. The molecule has 88 valence electrons. The molecule has 1 atom stereocenters. The fraction of sp³-hybridized carbons (Fsp3) is 0.417. The molecule has 16 heavy (non-hydrogen) atoms. The molecule has 0 heterocycles. The van der Waals surface area contributed by atoms with Crippen LogP contribution in [0.4, 0.5) is 10.1 Å². The summed E-state index contributed by atoms with van der Waals surface area (Å²) in [6, 6.07) is 4.45. The van der Waals surface area contributed by atoms with E-state index in [-0.39, 0.29) is 11.7 Å². The number of rotatable bonds is 3. The Morgan fingerprint density at radius 3 is 2.56 bits per heavy atom. The molecule has 0 aliphatic rings. The van der Waals surface area contributed by atoms with Crippen molar-refractivity contribution in [1.29, 1.82) is 0 Å². The third-order valence-electron chi connectivity index (χ3n) is 2.31. The van der Waals surface area contributed by atoms with Gasteiger partial charge in [0.1, 0.15) is 11.9 Å². The van der Waals surface area contributed by atoms with E-state index in [1.165, 1.54) is 11.0 Å². The van der Waals surface area contributed by atoms with Gasteiger partial charge < -0.3 is 10.2 Å². The Bertz CT molecular complexity index is 391. The number of benzene rings is 1. The lowest BCUT2D eigenvalue weighted by molar-refractivity contribution is -0.129. The lowest BCUT2D eigenvalue weighted by atomic mass is 10.2. The van der Waals surface area contributed by atoms with Crippen LogP contribution in [0.3, 0.4) is 0 Å². The summed E-state index contributed by atoms with van der Waals surface area (Å²) in [6.45, 7) is 3.53. The molecule has 0 aliphatic heterocycles. The first-order valence-electron chi connectivity index (χ1n) is 5.15. The van der Waals surface area contributed by atoms with Crippen LogP contribution in [0.25, 0.3) is 0 Å². The van der Waals surface area contributed by atoms with Gasteiger partial charge in [-0.25, -0.2) is 4.39 Å². The SMILES string of the molecule is Cc1ccc(NC(C)C(=O)N(C)C)c(F)c1. The van der Waals surface area contributed by atoms with Crippen molar-refractivity contribution < 1.29 is 9.18 Å². The molecule has 0 aromatic heterocycles. The van der Waals surface area contributed by atoms with Gasteiger partial charge in [-0.15, -0.1) is 0 Å². The number of anilines is 1. The van der Waals surface area contributed by atoms with Crippen LogP contribution in [0.15, 0.2) is 18.2 Å². The van der Waals surface area contributed by atoms with Crippen LogP contribution in [0, 0.1) is 12.7 Å². The first kappa shape index (κ1) is 12.5. The number of carbonyl (C=O) groups is 1. The number of halogens is 1. The Kier molecular flexibility index (Phi) is 3.88. The highest BCUT2D eigenvalue weighted by Crippen LogP contribution is 2.16. The van der Waals surface area contributed by atoms with Gasteiger partial charge in [0.15, 0.2) is 0 Å². The average molecular weight is 224 g/mol. The third kappa shape index (κ3) is 2.95. The minimum absolute atomic E-state index is 0.0834. The van der Waals surface area contributed by atoms with E-state index in [1.807, 2.05) is 6.92 Å². The highest BCUT2D eigenvalue weighted by molar-refractivity contribution is 5.83. The predicted molar refractivity (Wildman–Crippen MR) is 62.9 cm³/mol. The van der Waals surface area contributed by atoms with Crippen molar-refractivity contribution in [3.05, 3.63) is 29.6 Å². The zero-order valence-electron chi connectivity index (χ0n) is 10.0. The van der Waals surface area contributed by atoms with Crippen molar-refractivity contribution in [2.75, 3.05) is 19.4 Å². The molecular weight excluding hydrogens is 207 g/mol. The monoisotopic (exact) mass is 224 g/mol. The molecule has 4 heteroatoms. The zero-order chi connectivity index (χ0) is 12.3. The summed E-state index contributed by atoms with van der Waals surface area (Å²) in [5, 5.41) is 2.85. The summed E-state index contributed by atoms with van der Waals surface area (Å²) in [5.41, 5.74) is 1.21. The maximum absolute atomic E-state index is 13.5. The first-order valence-corrected chi connectivity index (χ1v) is 5.15. The van der Waals surface area contributed by atoms with E-state index >= 15 is 0 Å². The van der Waals surface area contributed by atoms with Gasteiger partial charge in [-0.05, 0) is 31.5 Å². The largest absolute Gasteiger partial charge is 0.372 e. The molecule has 1 amide bonds. The second kappa shape index (κ2) is 4.96. The predicted octanol–water partition coefficient (Wildman–Crippen LogP) is 2.02. The Labute approximate surface area is 95.3 Å². The van der Waals surface area contributed by atoms with E-state index in [1.54, 1.807) is 33.2 Å². The smallest absolute Gasteiger partial charge is 0.244 e. The normalized spacial score (nSPS) is 12.1. The quantitative estimate of drug-likeness (QED) is 0.852. The van der Waals surface area contributed by atoms with Gasteiger partial charge in [-0.2, -0.15) is 0 Å². The van der Waals surface area contributed by atoms with Crippen LogP contribution in [-0.4, -0.2) is 30.9 Å². The molecule has 0 fully saturated rings. The number of nitrogens with zero attached hydrogens (tertiary/aromatic N) is 1. The van der Waals surface area contributed by atoms with Gasteiger partial charge in [0, 0.05) is 14.1 Å². The molecule has 0 aliphatic carbocycles. The maximum atomic E-state index is 13.5. The molecule has 0 saturated carbocycles. The van der Waals surface area contributed by atoms with Gasteiger partial charge in [0.05, 0.1) is 5.69 Å². The number of aryl methyl sites for hydroxylation is 1. The standard InChI is InChI=1S/C12H17FN2O/c1-8-5-6-11(10(13)7-8)14-9(2)12(16)15(3)4/h5-7,9,14H,1-4H3. The number of likely N-dealkylation sites (N-methyl/N-ethyl adjacent to an activating group) is 1. The van der Waals surface area contributed by atoms with Gasteiger partial charge in [0.25, 0.3) is 0 Å². The second-order valence-electron chi connectivity index (χ2n) is 4.08. The van der Waals surface area contributed by atoms with Crippen LogP contribution in [0.2, 0.25) is 0 Å². The van der Waals surface area contributed by atoms with Gasteiger partial charge in [-0.1, -0.05) is 6.07 Å². The summed E-state index contributed by atoms with van der Waals surface area (Å²) in [6.07, 6.45) is 0. The Morgan fingerprint density at radius 1 is 1.44 bits per heavy atom. The molecule has 0 bridgehead atoms. The molecule has 0 spiro atoms. The van der Waals surface area contributed by atoms with Gasteiger partial charge in [-0.3, -0.25) is 4.79 Å². The number of amides is 1. The summed E-state index contributed by atoms with van der Waals surface area (Å²) in [4.78, 5) is 13.0. The van der Waals surface area contributed by atoms with E-state index in [0.29, 0.717) is 5.69 Å². The lowest BCUT2D eigenvalue weighted by Crippen LogP contribution is -2.36. The molecule has 1 aromatic rings. The van der Waals surface area contributed by atoms with Crippen LogP contribution < -0.4 is 5.32 Å². The number of hydrogen-bond acceptors (Lipinski definition) is 2. The van der Waals surface area contributed by atoms with Gasteiger partial charge >= 0.3 is 0 Å². The fourth-order valence-electron chi connectivity index (χ4n) is 1.42. The van der Waals surface area contributed by atoms with Crippen LogP contribution >= 0.6 is 0 Å². The molecule has 1 aromatic carbocycles. The summed E-state index contributed by atoms with van der Waals surface area (Å²) in [7, 11) is 3.35. The van der Waals surface area contributed by atoms with Crippen molar-refractivity contribution in [1.82, 2.24) is 4.90 Å². The maximum Gasteiger partial charge on any atom is 0.244 e. The van der Waals surface area contributed by atoms with Crippen molar-refractivity contribution >= 4 is 11.6 Å². The fourth-order valence-corrected chi connectivity index (χ4v) is 1.42. The molecule has 1 unspecified atom stereocenters. The molecular formula is C12H17FN2O. The van der Waals surface area contributed by atoms with Crippen LogP contribution in [0.1, 0.15) is 12.5 Å². The second-order valence-corrected chi connectivity index (χ2v) is 4.08. The molecule has 1 rings (SSSR count). The topological polar surface area (TPSA) is 32.3 Å². The van der Waals surface area contributed by atoms with Crippen LogP contribution in [-0.2, 0) is 4.79 Å². The van der Waals surface area contributed by atoms with Gasteiger partial charge in [0.2, 0.25) is 5.91 Å². The number of carbonyl (C=O) groups excluding carboxylic acids is 1. The minimum atomic E-state index is -0.438. The van der Waals surface area contributed by atoms with Crippen molar-refractivity contribution in [3.63, 3.8) is 0 Å². The number of nitrogens with one attached hydrogen (secondary N) is 1. The third-order valence-corrected chi connectivity index (χ3v) is 2.31. The molecule has 1 N–H and O–H groups in total. The number of hydrogen-bond donors (Lipinski definition) is 1. The Balaban J connectivity index is 2.77. The molecule has 0 radical (unpaired) electrons. The summed E-state index contributed by atoms with van der Waals surface area (Å²) >= 11 is 0. The average Bonchev–Trinajstić information content (AvgIpc) is 2.20. The Morgan fingerprint density at radius 2 is 2.06 bits per heavy atom. The van der Waals surface area contributed by atoms with E-state index < -0.39 is 6.04 Å². The summed E-state index contributed by atoms with van der Waals surface area (Å²) < 4.78 is 13.5. The zero-order valence-corrected chi connectivity index (χ0v) is 10.0. The first-order chi connectivity index (χ1) is 7.41. The van der Waals surface area contributed by atoms with E-state index in [9.17, 15) is 9.18 Å². The lowest BCUT2D eigenvalue weighted by Gasteiger charge is -2.19. The van der Waals surface area contributed by atoms with E-state index in [0.717, 1.165) is 5.56 Å². The minimum Gasteiger partial charge on any atom is -0.372 e. The highest BCUT2D eigenvalue weighted by atomic mass is 19.1. The Hall–Kier alpha value is -1.58. The van der Waals surface area contributed by atoms with Crippen molar-refractivity contribution in [3.8, 4) is 0 Å². The molecule has 3 nitrogen and oxygen atoms in total. The van der Waals surface area contributed by atoms with Crippen LogP contribution in [0.5, 0.6) is 0 Å². The van der Waals surface area contributed by atoms with Crippen molar-refractivity contribution in [2.45, 2.75) is 19.9 Å². The summed E-state index contributed by atoms with van der Waals surface area (Å²) in [5.74, 6) is -0.418. The van der Waals surface area contributed by atoms with E-state index in [2.05, 4.69) is 5.32 Å². The molecule has 0 saturated heterocycles.